The van der Waals surface area contributed by atoms with Crippen LogP contribution in [0.25, 0.3) is 0 Å². The molecule has 1 aliphatic heterocycles. The van der Waals surface area contributed by atoms with Crippen LogP contribution in [-0.4, -0.2) is 44.4 Å². The van der Waals surface area contributed by atoms with E-state index in [1.807, 2.05) is 13.0 Å². The number of aldehydes is 1. The normalized spacial score (nSPS) is 20.0. The molecule has 0 spiro atoms. The Morgan fingerprint density at radius 1 is 1.41 bits per heavy atom. The van der Waals surface area contributed by atoms with Gasteiger partial charge in [-0.05, 0) is 39.6 Å². The van der Waals surface area contributed by atoms with E-state index >= 15 is 0 Å². The lowest BCUT2D eigenvalue weighted by atomic mass is 10.1. The number of hydrogen-bond acceptors (Lipinski definition) is 3. The SMILES string of the molecule is Cc1ccc(N2CC[C@H](N(C)C)C2)c(C=O)c1. The van der Waals surface area contributed by atoms with Crippen LogP contribution in [0.15, 0.2) is 18.2 Å². The molecule has 0 aliphatic carbocycles. The number of carbonyl (C=O) groups excluding carboxylic acids is 1. The summed E-state index contributed by atoms with van der Waals surface area (Å²) < 4.78 is 0. The number of aryl methyl sites for hydroxylation is 1. The summed E-state index contributed by atoms with van der Waals surface area (Å²) in [4.78, 5) is 15.7. The van der Waals surface area contributed by atoms with E-state index in [0.29, 0.717) is 6.04 Å². The van der Waals surface area contributed by atoms with Gasteiger partial charge in [-0.2, -0.15) is 0 Å². The molecular weight excluding hydrogens is 212 g/mol. The summed E-state index contributed by atoms with van der Waals surface area (Å²) >= 11 is 0. The maximum absolute atomic E-state index is 11.1. The van der Waals surface area contributed by atoms with Gasteiger partial charge in [0.05, 0.1) is 0 Å². The molecule has 1 heterocycles. The molecule has 1 fully saturated rings. The molecular formula is C14H20N2O. The van der Waals surface area contributed by atoms with Crippen molar-refractivity contribution < 1.29 is 4.79 Å². The van der Waals surface area contributed by atoms with Crippen LogP contribution in [-0.2, 0) is 0 Å². The van der Waals surface area contributed by atoms with Gasteiger partial charge in [0, 0.05) is 30.4 Å². The predicted molar refractivity (Wildman–Crippen MR) is 70.9 cm³/mol. The molecule has 0 unspecified atom stereocenters. The average molecular weight is 232 g/mol. The number of nitrogens with zero attached hydrogens (tertiary/aromatic N) is 2. The first-order valence-electron chi connectivity index (χ1n) is 6.09. The van der Waals surface area contributed by atoms with Crippen LogP contribution in [0.5, 0.6) is 0 Å². The molecule has 2 rings (SSSR count). The molecule has 92 valence electrons. The van der Waals surface area contributed by atoms with Crippen molar-refractivity contribution in [3.8, 4) is 0 Å². The topological polar surface area (TPSA) is 23.6 Å². The Morgan fingerprint density at radius 2 is 2.18 bits per heavy atom. The Bertz CT molecular complexity index is 415. The number of carbonyl (C=O) groups is 1. The second-order valence-electron chi connectivity index (χ2n) is 5.03. The lowest BCUT2D eigenvalue weighted by molar-refractivity contribution is 0.112. The van der Waals surface area contributed by atoms with Crippen molar-refractivity contribution in [2.45, 2.75) is 19.4 Å². The van der Waals surface area contributed by atoms with E-state index in [0.717, 1.165) is 36.2 Å². The van der Waals surface area contributed by atoms with E-state index < -0.39 is 0 Å². The summed E-state index contributed by atoms with van der Waals surface area (Å²) in [5, 5.41) is 0. The summed E-state index contributed by atoms with van der Waals surface area (Å²) in [6.45, 7) is 4.06. The van der Waals surface area contributed by atoms with Crippen molar-refractivity contribution in [1.82, 2.24) is 4.90 Å². The van der Waals surface area contributed by atoms with Gasteiger partial charge in [-0.1, -0.05) is 11.6 Å². The second kappa shape index (κ2) is 4.88. The molecule has 0 radical (unpaired) electrons. The predicted octanol–water partition coefficient (Wildman–Crippen LogP) is 1.95. The zero-order valence-corrected chi connectivity index (χ0v) is 10.8. The van der Waals surface area contributed by atoms with Crippen LogP contribution in [0, 0.1) is 6.92 Å². The Morgan fingerprint density at radius 3 is 2.76 bits per heavy atom. The summed E-state index contributed by atoms with van der Waals surface area (Å²) in [5.74, 6) is 0. The van der Waals surface area contributed by atoms with Gasteiger partial charge in [-0.25, -0.2) is 0 Å². The van der Waals surface area contributed by atoms with E-state index in [4.69, 9.17) is 0 Å². The van der Waals surface area contributed by atoms with Crippen molar-refractivity contribution in [1.29, 1.82) is 0 Å². The minimum atomic E-state index is 0.593. The van der Waals surface area contributed by atoms with Crippen molar-refractivity contribution in [3.63, 3.8) is 0 Å². The van der Waals surface area contributed by atoms with Gasteiger partial charge < -0.3 is 9.80 Å². The van der Waals surface area contributed by atoms with E-state index in [-0.39, 0.29) is 0 Å². The van der Waals surface area contributed by atoms with Crippen LogP contribution in [0.3, 0.4) is 0 Å². The van der Waals surface area contributed by atoms with Crippen LogP contribution >= 0.6 is 0 Å². The van der Waals surface area contributed by atoms with Gasteiger partial charge in [0.1, 0.15) is 0 Å². The number of likely N-dealkylation sites (N-methyl/N-ethyl adjacent to an activating group) is 1. The van der Waals surface area contributed by atoms with Crippen molar-refractivity contribution >= 4 is 12.0 Å². The highest BCUT2D eigenvalue weighted by molar-refractivity contribution is 5.85. The molecule has 0 saturated carbocycles. The standard InChI is InChI=1S/C14H20N2O/c1-11-4-5-14(12(8-11)10-17)16-7-6-13(9-16)15(2)3/h4-5,8,10,13H,6-7,9H2,1-3H3/t13-/m0/s1. The smallest absolute Gasteiger partial charge is 0.152 e. The summed E-state index contributed by atoms with van der Waals surface area (Å²) in [6, 6.07) is 6.70. The van der Waals surface area contributed by atoms with E-state index in [2.05, 4.69) is 36.0 Å². The summed E-state index contributed by atoms with van der Waals surface area (Å²) in [7, 11) is 4.23. The molecule has 1 saturated heterocycles. The van der Waals surface area contributed by atoms with Crippen molar-refractivity contribution in [3.05, 3.63) is 29.3 Å². The molecule has 0 bridgehead atoms. The Balaban J connectivity index is 2.21. The summed E-state index contributed by atoms with van der Waals surface area (Å²) in [5.41, 5.74) is 3.03. The van der Waals surface area contributed by atoms with Crippen LogP contribution in [0.4, 0.5) is 5.69 Å². The van der Waals surface area contributed by atoms with Crippen LogP contribution in [0.1, 0.15) is 22.3 Å². The molecule has 17 heavy (non-hydrogen) atoms. The lowest BCUT2D eigenvalue weighted by Crippen LogP contribution is -2.31. The minimum absolute atomic E-state index is 0.593. The van der Waals surface area contributed by atoms with Crippen molar-refractivity contribution in [2.75, 3.05) is 32.1 Å². The number of anilines is 1. The quantitative estimate of drug-likeness (QED) is 0.744. The zero-order chi connectivity index (χ0) is 12.4. The molecule has 0 aromatic heterocycles. The zero-order valence-electron chi connectivity index (χ0n) is 10.8. The van der Waals surface area contributed by atoms with E-state index in [1.54, 1.807) is 0 Å². The van der Waals surface area contributed by atoms with Gasteiger partial charge in [0.25, 0.3) is 0 Å². The molecule has 1 aromatic rings. The average Bonchev–Trinajstić information content (AvgIpc) is 2.78. The maximum atomic E-state index is 11.1. The highest BCUT2D eigenvalue weighted by Gasteiger charge is 2.25. The molecule has 1 atom stereocenters. The molecule has 1 aromatic carbocycles. The fourth-order valence-electron chi connectivity index (χ4n) is 2.44. The molecule has 3 nitrogen and oxygen atoms in total. The van der Waals surface area contributed by atoms with E-state index in [1.165, 1.54) is 6.42 Å². The number of benzene rings is 1. The first kappa shape index (κ1) is 12.1. The van der Waals surface area contributed by atoms with Gasteiger partial charge in [0.15, 0.2) is 6.29 Å². The largest absolute Gasteiger partial charge is 0.369 e. The third kappa shape index (κ3) is 2.50. The lowest BCUT2D eigenvalue weighted by Gasteiger charge is -2.23. The molecule has 0 N–H and O–H groups in total. The molecule has 0 amide bonds. The van der Waals surface area contributed by atoms with Gasteiger partial charge in [-0.3, -0.25) is 4.79 Å². The van der Waals surface area contributed by atoms with Crippen LogP contribution < -0.4 is 4.90 Å². The Hall–Kier alpha value is -1.35. The molecule has 1 aliphatic rings. The second-order valence-corrected chi connectivity index (χ2v) is 5.03. The fourth-order valence-corrected chi connectivity index (χ4v) is 2.44. The first-order valence-corrected chi connectivity index (χ1v) is 6.09. The third-order valence-corrected chi connectivity index (χ3v) is 3.54. The van der Waals surface area contributed by atoms with Crippen LogP contribution in [0.2, 0.25) is 0 Å². The van der Waals surface area contributed by atoms with Gasteiger partial charge in [0.2, 0.25) is 0 Å². The Labute approximate surface area is 103 Å². The van der Waals surface area contributed by atoms with Gasteiger partial charge in [-0.15, -0.1) is 0 Å². The molecule has 3 heteroatoms. The number of rotatable bonds is 3. The first-order chi connectivity index (χ1) is 8.11. The minimum Gasteiger partial charge on any atom is -0.369 e. The highest BCUT2D eigenvalue weighted by atomic mass is 16.1. The Kier molecular flexibility index (Phi) is 3.48. The third-order valence-electron chi connectivity index (χ3n) is 3.54. The highest BCUT2D eigenvalue weighted by Crippen LogP contribution is 2.25. The maximum Gasteiger partial charge on any atom is 0.152 e. The van der Waals surface area contributed by atoms with Crippen molar-refractivity contribution in [2.24, 2.45) is 0 Å². The summed E-state index contributed by atoms with van der Waals surface area (Å²) in [6.07, 6.45) is 2.13. The van der Waals surface area contributed by atoms with E-state index in [9.17, 15) is 4.79 Å². The monoisotopic (exact) mass is 232 g/mol. The number of hydrogen-bond donors (Lipinski definition) is 0. The fraction of sp³-hybridized carbons (Fsp3) is 0.500. The van der Waals surface area contributed by atoms with Gasteiger partial charge >= 0.3 is 0 Å².